The quantitative estimate of drug-likeness (QED) is 0.813. The molecule has 1 aliphatic heterocycles. The SMILES string of the molecule is Cl.O=C(NC(Cc1ccccc1)C(F)(F)F)C1CC(F)(F)CN1. The van der Waals surface area contributed by atoms with Crippen molar-refractivity contribution in [2.45, 2.75) is 37.0 Å². The van der Waals surface area contributed by atoms with Gasteiger partial charge in [-0.15, -0.1) is 12.4 Å². The summed E-state index contributed by atoms with van der Waals surface area (Å²) in [5.41, 5.74) is 0.398. The van der Waals surface area contributed by atoms with Crippen LogP contribution in [0.5, 0.6) is 0 Å². The summed E-state index contributed by atoms with van der Waals surface area (Å²) in [5, 5.41) is 4.06. The van der Waals surface area contributed by atoms with Crippen molar-refractivity contribution in [2.24, 2.45) is 0 Å². The molecule has 130 valence electrons. The second kappa shape index (κ2) is 7.44. The molecule has 1 aromatic rings. The molecule has 0 saturated carbocycles. The van der Waals surface area contributed by atoms with Crippen LogP contribution in [0.25, 0.3) is 0 Å². The summed E-state index contributed by atoms with van der Waals surface area (Å²) in [6.07, 6.45) is -5.90. The van der Waals surface area contributed by atoms with Crippen LogP contribution in [0.3, 0.4) is 0 Å². The molecule has 0 spiro atoms. The minimum Gasteiger partial charge on any atom is -0.343 e. The lowest BCUT2D eigenvalue weighted by molar-refractivity contribution is -0.162. The van der Waals surface area contributed by atoms with Crippen molar-refractivity contribution in [3.63, 3.8) is 0 Å². The number of rotatable bonds is 4. The predicted molar refractivity (Wildman–Crippen MR) is 76.7 cm³/mol. The van der Waals surface area contributed by atoms with Crippen molar-refractivity contribution in [3.05, 3.63) is 35.9 Å². The van der Waals surface area contributed by atoms with E-state index in [0.717, 1.165) is 0 Å². The van der Waals surface area contributed by atoms with E-state index in [1.54, 1.807) is 18.2 Å². The lowest BCUT2D eigenvalue weighted by Crippen LogP contribution is -2.51. The van der Waals surface area contributed by atoms with Crippen LogP contribution in [0.4, 0.5) is 22.0 Å². The molecular weight excluding hydrogens is 343 g/mol. The number of hydrogen-bond donors (Lipinski definition) is 2. The van der Waals surface area contributed by atoms with Crippen LogP contribution in [-0.2, 0) is 11.2 Å². The first kappa shape index (κ1) is 19.6. The molecule has 1 heterocycles. The number of alkyl halides is 5. The highest BCUT2D eigenvalue weighted by molar-refractivity contribution is 5.85. The molecule has 1 aliphatic rings. The summed E-state index contributed by atoms with van der Waals surface area (Å²) in [5.74, 6) is -4.13. The third kappa shape index (κ3) is 5.62. The number of carbonyl (C=O) groups excluding carboxylic acids is 1. The Bertz CT molecular complexity index is 524. The fourth-order valence-electron chi connectivity index (χ4n) is 2.27. The second-order valence-corrected chi connectivity index (χ2v) is 5.29. The monoisotopic (exact) mass is 358 g/mol. The maximum atomic E-state index is 13.0. The Morgan fingerprint density at radius 1 is 1.30 bits per heavy atom. The fraction of sp³-hybridized carbons (Fsp3) is 0.500. The van der Waals surface area contributed by atoms with E-state index < -0.39 is 49.5 Å². The third-order valence-electron chi connectivity index (χ3n) is 3.42. The summed E-state index contributed by atoms with van der Waals surface area (Å²) in [4.78, 5) is 11.8. The number of carbonyl (C=O) groups is 1. The molecule has 0 aromatic heterocycles. The molecule has 0 aliphatic carbocycles. The average Bonchev–Trinajstić information content (AvgIpc) is 2.78. The normalized spacial score (nSPS) is 21.3. The van der Waals surface area contributed by atoms with Gasteiger partial charge in [0, 0.05) is 12.8 Å². The van der Waals surface area contributed by atoms with Gasteiger partial charge in [0.2, 0.25) is 5.91 Å². The van der Waals surface area contributed by atoms with Crippen molar-refractivity contribution in [3.8, 4) is 0 Å². The lowest BCUT2D eigenvalue weighted by Gasteiger charge is -2.23. The maximum Gasteiger partial charge on any atom is 0.408 e. The zero-order chi connectivity index (χ0) is 16.4. The van der Waals surface area contributed by atoms with Crippen LogP contribution in [0.15, 0.2) is 30.3 Å². The largest absolute Gasteiger partial charge is 0.408 e. The van der Waals surface area contributed by atoms with Gasteiger partial charge in [-0.3, -0.25) is 10.1 Å². The highest BCUT2D eigenvalue weighted by atomic mass is 35.5. The van der Waals surface area contributed by atoms with Gasteiger partial charge in [0.1, 0.15) is 6.04 Å². The van der Waals surface area contributed by atoms with E-state index in [9.17, 15) is 26.7 Å². The minimum absolute atomic E-state index is 0. The standard InChI is InChI=1S/C14H15F5N2O.ClH/c15-13(16)7-10(20-8-13)12(22)21-11(14(17,18)19)6-9-4-2-1-3-5-9;/h1-5,10-11,20H,6-8H2,(H,21,22);1H. The number of amides is 1. The van der Waals surface area contributed by atoms with Gasteiger partial charge in [-0.1, -0.05) is 30.3 Å². The van der Waals surface area contributed by atoms with Crippen molar-refractivity contribution in [1.29, 1.82) is 0 Å². The van der Waals surface area contributed by atoms with Crippen LogP contribution in [0.1, 0.15) is 12.0 Å². The van der Waals surface area contributed by atoms with E-state index in [1.807, 2.05) is 5.32 Å². The Morgan fingerprint density at radius 2 is 1.91 bits per heavy atom. The maximum absolute atomic E-state index is 13.0. The van der Waals surface area contributed by atoms with Gasteiger partial charge >= 0.3 is 6.18 Å². The van der Waals surface area contributed by atoms with E-state index in [0.29, 0.717) is 5.56 Å². The van der Waals surface area contributed by atoms with Crippen LogP contribution in [0, 0.1) is 0 Å². The molecule has 9 heteroatoms. The molecule has 1 saturated heterocycles. The zero-order valence-corrected chi connectivity index (χ0v) is 12.7. The zero-order valence-electron chi connectivity index (χ0n) is 11.9. The Kier molecular flexibility index (Phi) is 6.35. The Labute approximate surface area is 136 Å². The summed E-state index contributed by atoms with van der Waals surface area (Å²) < 4.78 is 65.1. The van der Waals surface area contributed by atoms with Gasteiger partial charge in [-0.05, 0) is 5.56 Å². The lowest BCUT2D eigenvalue weighted by atomic mass is 10.0. The van der Waals surface area contributed by atoms with Crippen LogP contribution in [-0.4, -0.2) is 36.6 Å². The molecule has 1 fully saturated rings. The van der Waals surface area contributed by atoms with Crippen LogP contribution in [0.2, 0.25) is 0 Å². The highest BCUT2D eigenvalue weighted by Gasteiger charge is 2.45. The Balaban J connectivity index is 0.00000264. The molecule has 1 amide bonds. The molecule has 3 nitrogen and oxygen atoms in total. The Morgan fingerprint density at radius 3 is 2.39 bits per heavy atom. The topological polar surface area (TPSA) is 41.1 Å². The smallest absolute Gasteiger partial charge is 0.343 e. The molecule has 0 bridgehead atoms. The summed E-state index contributed by atoms with van der Waals surface area (Å²) >= 11 is 0. The van der Waals surface area contributed by atoms with Gasteiger partial charge in [0.15, 0.2) is 0 Å². The van der Waals surface area contributed by atoms with E-state index in [2.05, 4.69) is 5.32 Å². The van der Waals surface area contributed by atoms with Gasteiger partial charge in [0.05, 0.1) is 12.6 Å². The molecule has 2 atom stereocenters. The van der Waals surface area contributed by atoms with E-state index >= 15 is 0 Å². The number of nitrogens with one attached hydrogen (secondary N) is 2. The van der Waals surface area contributed by atoms with E-state index in [4.69, 9.17) is 0 Å². The van der Waals surface area contributed by atoms with Crippen molar-refractivity contribution < 1.29 is 26.7 Å². The Hall–Kier alpha value is -1.41. The number of hydrogen-bond acceptors (Lipinski definition) is 2. The van der Waals surface area contributed by atoms with Crippen LogP contribution < -0.4 is 10.6 Å². The first-order chi connectivity index (χ1) is 10.2. The third-order valence-corrected chi connectivity index (χ3v) is 3.42. The van der Waals surface area contributed by atoms with Crippen molar-refractivity contribution >= 4 is 18.3 Å². The predicted octanol–water partition coefficient (Wildman–Crippen LogP) is 2.70. The molecule has 2 N–H and O–H groups in total. The van der Waals surface area contributed by atoms with Gasteiger partial charge in [-0.25, -0.2) is 8.78 Å². The summed E-state index contributed by atoms with van der Waals surface area (Å²) in [6, 6.07) is 4.43. The second-order valence-electron chi connectivity index (χ2n) is 5.29. The van der Waals surface area contributed by atoms with E-state index in [1.165, 1.54) is 12.1 Å². The highest BCUT2D eigenvalue weighted by Crippen LogP contribution is 2.27. The summed E-state index contributed by atoms with van der Waals surface area (Å²) in [6.45, 7) is -0.708. The molecular formula is C14H16ClF5N2O. The molecule has 2 unspecified atom stereocenters. The fourth-order valence-corrected chi connectivity index (χ4v) is 2.27. The van der Waals surface area contributed by atoms with Crippen molar-refractivity contribution in [1.82, 2.24) is 10.6 Å². The first-order valence-electron chi connectivity index (χ1n) is 6.70. The first-order valence-corrected chi connectivity index (χ1v) is 6.70. The van der Waals surface area contributed by atoms with Gasteiger partial charge in [0.25, 0.3) is 5.92 Å². The number of halogens is 6. The minimum atomic E-state index is -4.66. The molecule has 0 radical (unpaired) electrons. The molecule has 1 aromatic carbocycles. The molecule has 2 rings (SSSR count). The average molecular weight is 359 g/mol. The van der Waals surface area contributed by atoms with Gasteiger partial charge in [-0.2, -0.15) is 13.2 Å². The van der Waals surface area contributed by atoms with Gasteiger partial charge < -0.3 is 5.32 Å². The number of benzene rings is 1. The van der Waals surface area contributed by atoms with Crippen molar-refractivity contribution in [2.75, 3.05) is 6.54 Å². The summed E-state index contributed by atoms with van der Waals surface area (Å²) in [7, 11) is 0. The van der Waals surface area contributed by atoms with Crippen LogP contribution >= 0.6 is 12.4 Å². The van der Waals surface area contributed by atoms with E-state index in [-0.39, 0.29) is 12.4 Å². The molecule has 23 heavy (non-hydrogen) atoms.